The Morgan fingerprint density at radius 2 is 2.16 bits per heavy atom. The van der Waals surface area contributed by atoms with Crippen molar-refractivity contribution in [1.29, 1.82) is 5.26 Å². The molecule has 0 saturated carbocycles. The van der Waals surface area contributed by atoms with Gasteiger partial charge in [-0.25, -0.2) is 0 Å². The van der Waals surface area contributed by atoms with Crippen LogP contribution in [0.25, 0.3) is 0 Å². The highest BCUT2D eigenvalue weighted by molar-refractivity contribution is 5.91. The van der Waals surface area contributed by atoms with Crippen LogP contribution in [0.4, 0.5) is 5.69 Å². The van der Waals surface area contributed by atoms with Crippen molar-refractivity contribution in [2.75, 3.05) is 25.6 Å². The number of ether oxygens (including phenoxy) is 2. The summed E-state index contributed by atoms with van der Waals surface area (Å²) in [5.41, 5.74) is 6.10. The Balaban J connectivity index is 2.48. The molecule has 102 valence electrons. The van der Waals surface area contributed by atoms with Crippen LogP contribution in [0.5, 0.6) is 5.75 Å². The Hall–Kier alpha value is -2.10. The number of hydrogen-bond acceptors (Lipinski definition) is 5. The highest BCUT2D eigenvalue weighted by Gasteiger charge is 2.11. The molecule has 0 aromatic heterocycles. The van der Waals surface area contributed by atoms with Crippen molar-refractivity contribution >= 4 is 11.6 Å². The molecule has 0 aliphatic rings. The molecular weight excluding hydrogens is 246 g/mol. The molecule has 0 aliphatic heterocycles. The van der Waals surface area contributed by atoms with Crippen LogP contribution in [-0.2, 0) is 9.53 Å². The molecule has 0 aliphatic carbocycles. The standard InChI is InChI=1S/C13H17N3O3/c1-18-12(9-15)8-13(17)16-10-2-4-11(5-3-10)19-7-6-14/h2-5,12H,7-9,15H2,1H3,(H,16,17). The Bertz CT molecular complexity index is 435. The van der Waals surface area contributed by atoms with Gasteiger partial charge in [-0.15, -0.1) is 0 Å². The smallest absolute Gasteiger partial charge is 0.227 e. The average Bonchev–Trinajstić information content (AvgIpc) is 2.44. The zero-order valence-electron chi connectivity index (χ0n) is 10.8. The Morgan fingerprint density at radius 3 is 2.68 bits per heavy atom. The lowest BCUT2D eigenvalue weighted by atomic mass is 10.2. The minimum absolute atomic E-state index is 0.00226. The second-order valence-electron chi connectivity index (χ2n) is 3.82. The molecule has 0 saturated heterocycles. The van der Waals surface area contributed by atoms with E-state index in [1.165, 1.54) is 7.11 Å². The van der Waals surface area contributed by atoms with E-state index in [0.29, 0.717) is 18.0 Å². The molecular formula is C13H17N3O3. The molecule has 1 unspecified atom stereocenters. The van der Waals surface area contributed by atoms with Crippen LogP contribution in [0.2, 0.25) is 0 Å². The van der Waals surface area contributed by atoms with Gasteiger partial charge in [-0.1, -0.05) is 0 Å². The molecule has 3 N–H and O–H groups in total. The van der Waals surface area contributed by atoms with E-state index < -0.39 is 0 Å². The number of rotatable bonds is 7. The van der Waals surface area contributed by atoms with Gasteiger partial charge in [0.05, 0.1) is 12.5 Å². The number of carbonyl (C=O) groups is 1. The van der Waals surface area contributed by atoms with Crippen molar-refractivity contribution < 1.29 is 14.3 Å². The number of amides is 1. The lowest BCUT2D eigenvalue weighted by Gasteiger charge is -2.12. The molecule has 1 aromatic carbocycles. The van der Waals surface area contributed by atoms with Crippen LogP contribution in [0, 0.1) is 11.3 Å². The summed E-state index contributed by atoms with van der Waals surface area (Å²) in [7, 11) is 1.52. The predicted octanol–water partition coefficient (Wildman–Crippen LogP) is 0.891. The third-order valence-corrected chi connectivity index (χ3v) is 2.45. The van der Waals surface area contributed by atoms with Crippen LogP contribution in [0.1, 0.15) is 6.42 Å². The number of hydrogen-bond donors (Lipinski definition) is 2. The summed E-state index contributed by atoms with van der Waals surface area (Å²) in [6.07, 6.45) is -0.0714. The first-order valence-corrected chi connectivity index (χ1v) is 5.82. The van der Waals surface area contributed by atoms with Crippen LogP contribution in [0.3, 0.4) is 0 Å². The first-order valence-electron chi connectivity index (χ1n) is 5.82. The molecule has 0 heterocycles. The van der Waals surface area contributed by atoms with E-state index in [-0.39, 0.29) is 25.0 Å². The number of nitriles is 1. The van der Waals surface area contributed by atoms with Gasteiger partial charge in [0.1, 0.15) is 11.8 Å². The first kappa shape index (κ1) is 15.0. The highest BCUT2D eigenvalue weighted by atomic mass is 16.5. The topological polar surface area (TPSA) is 97.4 Å². The van der Waals surface area contributed by atoms with Crippen molar-refractivity contribution in [3.05, 3.63) is 24.3 Å². The lowest BCUT2D eigenvalue weighted by Crippen LogP contribution is -2.28. The van der Waals surface area contributed by atoms with E-state index in [9.17, 15) is 4.79 Å². The lowest BCUT2D eigenvalue weighted by molar-refractivity contribution is -0.118. The second-order valence-corrected chi connectivity index (χ2v) is 3.82. The van der Waals surface area contributed by atoms with Gasteiger partial charge in [-0.3, -0.25) is 4.79 Å². The van der Waals surface area contributed by atoms with Crippen LogP contribution in [-0.4, -0.2) is 32.3 Å². The summed E-state index contributed by atoms with van der Waals surface area (Å²) in [6.45, 7) is 0.294. The highest BCUT2D eigenvalue weighted by Crippen LogP contribution is 2.15. The molecule has 6 heteroatoms. The molecule has 0 spiro atoms. The number of methoxy groups -OCH3 is 1. The van der Waals surface area contributed by atoms with E-state index in [1.54, 1.807) is 24.3 Å². The third-order valence-electron chi connectivity index (χ3n) is 2.45. The largest absolute Gasteiger partial charge is 0.479 e. The van der Waals surface area contributed by atoms with Gasteiger partial charge in [-0.05, 0) is 24.3 Å². The fourth-order valence-corrected chi connectivity index (χ4v) is 1.43. The normalized spacial score (nSPS) is 11.4. The number of carbonyl (C=O) groups excluding carboxylic acids is 1. The summed E-state index contributed by atoms with van der Waals surface area (Å²) in [5, 5.41) is 11.1. The SMILES string of the molecule is COC(CN)CC(=O)Nc1ccc(OCC#N)cc1. The van der Waals surface area contributed by atoms with Crippen molar-refractivity contribution in [2.45, 2.75) is 12.5 Å². The first-order chi connectivity index (χ1) is 9.19. The summed E-state index contributed by atoms with van der Waals surface area (Å²) in [6, 6.07) is 8.65. The summed E-state index contributed by atoms with van der Waals surface area (Å²) >= 11 is 0. The molecule has 0 bridgehead atoms. The van der Waals surface area contributed by atoms with E-state index in [1.807, 2.05) is 6.07 Å². The Morgan fingerprint density at radius 1 is 1.47 bits per heavy atom. The van der Waals surface area contributed by atoms with Crippen molar-refractivity contribution in [3.63, 3.8) is 0 Å². The fourth-order valence-electron chi connectivity index (χ4n) is 1.43. The zero-order valence-corrected chi connectivity index (χ0v) is 10.8. The molecule has 6 nitrogen and oxygen atoms in total. The maximum Gasteiger partial charge on any atom is 0.227 e. The third kappa shape index (κ3) is 5.38. The minimum Gasteiger partial charge on any atom is -0.479 e. The number of nitrogens with one attached hydrogen (secondary N) is 1. The predicted molar refractivity (Wildman–Crippen MR) is 70.6 cm³/mol. The second kappa shape index (κ2) is 8.08. The van der Waals surface area contributed by atoms with E-state index in [4.69, 9.17) is 20.5 Å². The van der Waals surface area contributed by atoms with Gasteiger partial charge in [-0.2, -0.15) is 5.26 Å². The number of nitrogens with zero attached hydrogens (tertiary/aromatic N) is 1. The van der Waals surface area contributed by atoms with E-state index in [0.717, 1.165) is 0 Å². The summed E-state index contributed by atoms with van der Waals surface area (Å²) < 4.78 is 10.1. The van der Waals surface area contributed by atoms with Crippen LogP contribution < -0.4 is 15.8 Å². The molecule has 1 aromatic rings. The van der Waals surface area contributed by atoms with Crippen molar-refractivity contribution in [1.82, 2.24) is 0 Å². The van der Waals surface area contributed by atoms with Crippen molar-refractivity contribution in [3.8, 4) is 11.8 Å². The van der Waals surface area contributed by atoms with Gasteiger partial charge in [0.25, 0.3) is 0 Å². The summed E-state index contributed by atoms with van der Waals surface area (Å²) in [5.74, 6) is 0.416. The minimum atomic E-state index is -0.279. The van der Waals surface area contributed by atoms with Gasteiger partial charge in [0, 0.05) is 19.3 Å². The molecule has 0 radical (unpaired) electrons. The maximum atomic E-state index is 11.7. The van der Waals surface area contributed by atoms with Crippen LogP contribution >= 0.6 is 0 Å². The van der Waals surface area contributed by atoms with Crippen LogP contribution in [0.15, 0.2) is 24.3 Å². The molecule has 0 fully saturated rings. The summed E-state index contributed by atoms with van der Waals surface area (Å²) in [4.78, 5) is 11.7. The van der Waals surface area contributed by atoms with Gasteiger partial charge in [0.15, 0.2) is 6.61 Å². The number of nitrogens with two attached hydrogens (primary N) is 1. The van der Waals surface area contributed by atoms with Gasteiger partial charge < -0.3 is 20.5 Å². The molecule has 1 rings (SSSR count). The molecule has 1 atom stereocenters. The number of benzene rings is 1. The van der Waals surface area contributed by atoms with Crippen molar-refractivity contribution in [2.24, 2.45) is 5.73 Å². The Kier molecular flexibility index (Phi) is 6.36. The van der Waals surface area contributed by atoms with Gasteiger partial charge >= 0.3 is 0 Å². The molecule has 19 heavy (non-hydrogen) atoms. The Labute approximate surface area is 112 Å². The zero-order chi connectivity index (χ0) is 14.1. The van der Waals surface area contributed by atoms with E-state index in [2.05, 4.69) is 5.32 Å². The molecule has 1 amide bonds. The average molecular weight is 263 g/mol. The quantitative estimate of drug-likeness (QED) is 0.761. The van der Waals surface area contributed by atoms with E-state index >= 15 is 0 Å². The maximum absolute atomic E-state index is 11.7. The number of anilines is 1. The van der Waals surface area contributed by atoms with Gasteiger partial charge in [0.2, 0.25) is 5.91 Å². The monoisotopic (exact) mass is 263 g/mol. The fraction of sp³-hybridized carbons (Fsp3) is 0.385.